The highest BCUT2D eigenvalue weighted by Gasteiger charge is 2.29. The summed E-state index contributed by atoms with van der Waals surface area (Å²) in [5.74, 6) is 0.00559. The lowest BCUT2D eigenvalue weighted by Gasteiger charge is -2.21. The molecule has 2 aromatic carbocycles. The summed E-state index contributed by atoms with van der Waals surface area (Å²) in [6.07, 6.45) is 18.5. The van der Waals surface area contributed by atoms with Crippen molar-refractivity contribution < 1.29 is 9.18 Å². The Kier molecular flexibility index (Phi) is 22.4. The van der Waals surface area contributed by atoms with Gasteiger partial charge in [0.1, 0.15) is 11.5 Å². The topological polar surface area (TPSA) is 48.0 Å². The normalized spacial score (nSPS) is 11.7. The van der Waals surface area contributed by atoms with Crippen molar-refractivity contribution in [1.82, 2.24) is 4.57 Å². The number of nitrogens with two attached hydrogens (primary N) is 1. The molecule has 1 heterocycles. The molecule has 1 aromatic heterocycles. The molecule has 2 atom stereocenters. The van der Waals surface area contributed by atoms with E-state index in [1.165, 1.54) is 12.1 Å². The van der Waals surface area contributed by atoms with Gasteiger partial charge >= 0.3 is 0 Å². The van der Waals surface area contributed by atoms with E-state index < -0.39 is 5.91 Å². The Balaban J connectivity index is 0.00000168. The zero-order valence-corrected chi connectivity index (χ0v) is 29.9. The molecule has 47 heavy (non-hydrogen) atoms. The molecule has 4 heteroatoms. The maximum atomic E-state index is 13.9. The Labute approximate surface area is 285 Å². The van der Waals surface area contributed by atoms with Gasteiger partial charge in [0.2, 0.25) is 0 Å². The van der Waals surface area contributed by atoms with E-state index in [2.05, 4.69) is 64.3 Å². The zero-order chi connectivity index (χ0) is 35.8. The zero-order valence-electron chi connectivity index (χ0n) is 29.9. The average Bonchev–Trinajstić information content (AvgIpc) is 3.45. The van der Waals surface area contributed by atoms with Gasteiger partial charge < -0.3 is 10.3 Å². The molecule has 3 aromatic rings. The van der Waals surface area contributed by atoms with Crippen molar-refractivity contribution >= 4 is 5.91 Å². The van der Waals surface area contributed by atoms with Crippen LogP contribution in [-0.2, 0) is 6.42 Å². The minimum Gasteiger partial charge on any atom is -0.364 e. The highest BCUT2D eigenvalue weighted by molar-refractivity contribution is 6.04. The fourth-order valence-corrected chi connectivity index (χ4v) is 5.51. The molecule has 0 aliphatic heterocycles. The van der Waals surface area contributed by atoms with Crippen molar-refractivity contribution in [3.63, 3.8) is 0 Å². The van der Waals surface area contributed by atoms with E-state index >= 15 is 0 Å². The lowest BCUT2D eigenvalue weighted by atomic mass is 9.87. The third-order valence-corrected chi connectivity index (χ3v) is 7.49. The molecular formula is C43H59FN2O. The third-order valence-electron chi connectivity index (χ3n) is 7.49. The quantitative estimate of drug-likeness (QED) is 0.131. The molecule has 0 radical (unpaired) electrons. The fraction of sp³-hybridized carbons (Fsp3) is 0.326. The summed E-state index contributed by atoms with van der Waals surface area (Å²) in [7, 11) is 0. The molecule has 3 rings (SSSR count). The molecule has 2 unspecified atom stereocenters. The summed E-state index contributed by atoms with van der Waals surface area (Å²) in [6, 6.07) is 16.4. The summed E-state index contributed by atoms with van der Waals surface area (Å²) in [6.45, 7) is 30.0. The van der Waals surface area contributed by atoms with Gasteiger partial charge in [-0.25, -0.2) is 4.39 Å². The van der Waals surface area contributed by atoms with Crippen molar-refractivity contribution in [3.05, 3.63) is 147 Å². The summed E-state index contributed by atoms with van der Waals surface area (Å²) < 4.78 is 16.0. The molecule has 0 fully saturated rings. The number of allylic oxidation sites excluding steroid dienone is 7. The molecule has 1 amide bonds. The second-order valence-corrected chi connectivity index (χ2v) is 10.9. The van der Waals surface area contributed by atoms with Gasteiger partial charge in [0.15, 0.2) is 0 Å². The Bertz CT molecular complexity index is 1390. The number of hydrogen-bond donors (Lipinski definition) is 1. The highest BCUT2D eigenvalue weighted by atomic mass is 19.1. The Hall–Kier alpha value is -4.44. The fourth-order valence-electron chi connectivity index (χ4n) is 5.51. The van der Waals surface area contributed by atoms with E-state index in [1.54, 1.807) is 18.2 Å². The molecule has 0 saturated heterocycles. The van der Waals surface area contributed by atoms with Gasteiger partial charge in [-0.05, 0) is 81.5 Å². The van der Waals surface area contributed by atoms with E-state index in [4.69, 9.17) is 5.73 Å². The molecule has 0 aliphatic rings. The van der Waals surface area contributed by atoms with Crippen molar-refractivity contribution in [1.29, 1.82) is 0 Å². The molecule has 2 N–H and O–H groups in total. The van der Waals surface area contributed by atoms with Crippen LogP contribution in [0.3, 0.4) is 0 Å². The molecule has 3 nitrogen and oxygen atoms in total. The SMILES string of the molecule is C=C.C=C/C=C\C=C/C.C=CC(CCC)CC(C=C)CCc1c(-c2ccc(F)cc2)c(-c2ccccc2)c(C(N)=O)n1C(C)C.CC. The van der Waals surface area contributed by atoms with Crippen LogP contribution in [0.2, 0.25) is 0 Å². The summed E-state index contributed by atoms with van der Waals surface area (Å²) >= 11 is 0. The highest BCUT2D eigenvalue weighted by Crippen LogP contribution is 2.42. The first kappa shape index (κ1) is 42.6. The summed E-state index contributed by atoms with van der Waals surface area (Å²) in [5, 5.41) is 0. The molecule has 0 bridgehead atoms. The van der Waals surface area contributed by atoms with Crippen molar-refractivity contribution in [2.75, 3.05) is 0 Å². The number of halogens is 1. The number of rotatable bonds is 15. The predicted octanol–water partition coefficient (Wildman–Crippen LogP) is 12.5. The predicted molar refractivity (Wildman–Crippen MR) is 206 cm³/mol. The lowest BCUT2D eigenvalue weighted by molar-refractivity contribution is 0.0990. The summed E-state index contributed by atoms with van der Waals surface area (Å²) in [4.78, 5) is 12.9. The van der Waals surface area contributed by atoms with E-state index in [1.807, 2.05) is 81.5 Å². The number of carbonyl (C=O) groups excluding carboxylic acids is 1. The maximum absolute atomic E-state index is 13.9. The summed E-state index contributed by atoms with van der Waals surface area (Å²) in [5.41, 5.74) is 11.1. The van der Waals surface area contributed by atoms with Crippen LogP contribution < -0.4 is 5.73 Å². The number of benzene rings is 2. The standard InChI is InChI=1S/C32H39FN2O.C7H10.C2H6.C2H4/c1-6-12-23(7-2)21-24(8-3)15-20-28-29(26-16-18-27(33)19-17-26)30(25-13-10-9-11-14-25)31(32(34)36)35(28)22(4)5;1-3-5-7-6-4-2;2*1-2/h7-11,13-14,16-19,22-24H,2-3,6,12,15,20-21H2,1,4-5H3,(H2,34,36);3-7H,1H2,2H3;1-2H3;1-2H2/b;6-4-,7-5-;;. The monoisotopic (exact) mass is 638 g/mol. The van der Waals surface area contributed by atoms with Gasteiger partial charge in [-0.1, -0.05) is 119 Å². The number of aromatic nitrogens is 1. The maximum Gasteiger partial charge on any atom is 0.266 e. The Morgan fingerprint density at radius 2 is 1.40 bits per heavy atom. The average molecular weight is 639 g/mol. The molecule has 0 saturated carbocycles. The Morgan fingerprint density at radius 1 is 0.851 bits per heavy atom. The van der Waals surface area contributed by atoms with Crippen molar-refractivity contribution in [2.45, 2.75) is 79.7 Å². The van der Waals surface area contributed by atoms with Crippen LogP contribution in [0.25, 0.3) is 22.3 Å². The second-order valence-electron chi connectivity index (χ2n) is 10.9. The van der Waals surface area contributed by atoms with E-state index in [0.29, 0.717) is 17.5 Å². The van der Waals surface area contributed by atoms with Crippen LogP contribution in [0.5, 0.6) is 0 Å². The number of hydrogen-bond acceptors (Lipinski definition) is 1. The van der Waals surface area contributed by atoms with Gasteiger partial charge in [-0.15, -0.1) is 26.3 Å². The second kappa shape index (κ2) is 24.7. The van der Waals surface area contributed by atoms with Crippen LogP contribution >= 0.6 is 0 Å². The number of nitrogens with zero attached hydrogens (tertiary/aromatic N) is 1. The molecule has 0 aliphatic carbocycles. The van der Waals surface area contributed by atoms with Gasteiger partial charge in [-0.3, -0.25) is 4.79 Å². The van der Waals surface area contributed by atoms with Crippen molar-refractivity contribution in [3.8, 4) is 22.3 Å². The van der Waals surface area contributed by atoms with Crippen LogP contribution in [0.15, 0.2) is 130 Å². The van der Waals surface area contributed by atoms with Crippen LogP contribution in [-0.4, -0.2) is 10.5 Å². The van der Waals surface area contributed by atoms with Crippen molar-refractivity contribution in [2.24, 2.45) is 17.6 Å². The Morgan fingerprint density at radius 3 is 1.87 bits per heavy atom. The minimum absolute atomic E-state index is 0.0161. The molecule has 254 valence electrons. The van der Waals surface area contributed by atoms with Gasteiger partial charge in [0.05, 0.1) is 0 Å². The van der Waals surface area contributed by atoms with E-state index in [-0.39, 0.29) is 11.9 Å². The number of carbonyl (C=O) groups is 1. The number of amides is 1. The first-order valence-electron chi connectivity index (χ1n) is 16.8. The first-order chi connectivity index (χ1) is 22.7. The van der Waals surface area contributed by atoms with Gasteiger partial charge in [-0.2, -0.15) is 0 Å². The van der Waals surface area contributed by atoms with E-state index in [0.717, 1.165) is 60.1 Å². The lowest BCUT2D eigenvalue weighted by Crippen LogP contribution is -2.20. The van der Waals surface area contributed by atoms with Gasteiger partial charge in [0.25, 0.3) is 5.91 Å². The van der Waals surface area contributed by atoms with Crippen LogP contribution in [0.1, 0.15) is 89.4 Å². The van der Waals surface area contributed by atoms with E-state index in [9.17, 15) is 9.18 Å². The largest absolute Gasteiger partial charge is 0.364 e. The van der Waals surface area contributed by atoms with Crippen LogP contribution in [0, 0.1) is 17.7 Å². The first-order valence-corrected chi connectivity index (χ1v) is 16.8. The third kappa shape index (κ3) is 13.4. The molecule has 0 spiro atoms. The molecular weight excluding hydrogens is 579 g/mol. The number of primary amides is 1. The van der Waals surface area contributed by atoms with Gasteiger partial charge in [0, 0.05) is 22.9 Å². The van der Waals surface area contributed by atoms with Crippen LogP contribution in [0.4, 0.5) is 4.39 Å². The minimum atomic E-state index is -0.466. The smallest absolute Gasteiger partial charge is 0.266 e.